The van der Waals surface area contributed by atoms with E-state index in [9.17, 15) is 9.59 Å². The summed E-state index contributed by atoms with van der Waals surface area (Å²) < 4.78 is 10.3. The minimum atomic E-state index is -0.249. The molecule has 1 aliphatic heterocycles. The number of rotatable bonds is 11. The lowest BCUT2D eigenvalue weighted by molar-refractivity contribution is 0.0947. The van der Waals surface area contributed by atoms with Crippen LogP contribution in [0.25, 0.3) is 0 Å². The summed E-state index contributed by atoms with van der Waals surface area (Å²) in [5, 5.41) is 5.92. The van der Waals surface area contributed by atoms with Gasteiger partial charge in [0.15, 0.2) is 0 Å². The highest BCUT2D eigenvalue weighted by Gasteiger charge is 2.22. The van der Waals surface area contributed by atoms with E-state index in [-0.39, 0.29) is 11.8 Å². The number of benzene rings is 3. The number of amides is 2. The van der Waals surface area contributed by atoms with Crippen molar-refractivity contribution in [3.8, 4) is 5.75 Å². The van der Waals surface area contributed by atoms with Gasteiger partial charge >= 0.3 is 0 Å². The molecule has 200 valence electrons. The van der Waals surface area contributed by atoms with Crippen molar-refractivity contribution >= 4 is 23.2 Å². The first kappa shape index (κ1) is 27.2. The fraction of sp³-hybridized carbons (Fsp3) is 0.333. The highest BCUT2D eigenvalue weighted by atomic mass is 16.5. The molecule has 1 saturated heterocycles. The number of nitrogens with one attached hydrogen (secondary N) is 2. The van der Waals surface area contributed by atoms with Crippen LogP contribution in [0, 0.1) is 0 Å². The first-order chi connectivity index (χ1) is 18.6. The fourth-order valence-electron chi connectivity index (χ4n) is 4.52. The molecule has 4 rings (SSSR count). The van der Waals surface area contributed by atoms with E-state index in [1.165, 1.54) is 5.56 Å². The number of nitrogens with zero attached hydrogens (tertiary/aromatic N) is 2. The van der Waals surface area contributed by atoms with Crippen molar-refractivity contribution in [2.24, 2.45) is 0 Å². The van der Waals surface area contributed by atoms with Crippen molar-refractivity contribution in [3.05, 3.63) is 89.5 Å². The number of ether oxygens (including phenoxy) is 2. The van der Waals surface area contributed by atoms with Gasteiger partial charge in [-0.1, -0.05) is 30.3 Å². The zero-order valence-electron chi connectivity index (χ0n) is 22.1. The van der Waals surface area contributed by atoms with Gasteiger partial charge in [0.05, 0.1) is 12.7 Å². The molecule has 0 bridgehead atoms. The third-order valence-electron chi connectivity index (χ3n) is 6.62. The van der Waals surface area contributed by atoms with Crippen LogP contribution in [0.5, 0.6) is 5.75 Å². The smallest absolute Gasteiger partial charge is 0.255 e. The summed E-state index contributed by atoms with van der Waals surface area (Å²) >= 11 is 0. The van der Waals surface area contributed by atoms with Crippen LogP contribution in [-0.4, -0.2) is 70.3 Å². The van der Waals surface area contributed by atoms with Gasteiger partial charge in [-0.25, -0.2) is 0 Å². The van der Waals surface area contributed by atoms with E-state index >= 15 is 0 Å². The van der Waals surface area contributed by atoms with Gasteiger partial charge in [-0.3, -0.25) is 14.5 Å². The number of anilines is 2. The molecule has 0 unspecified atom stereocenters. The Morgan fingerprint density at radius 2 is 1.61 bits per heavy atom. The van der Waals surface area contributed by atoms with Gasteiger partial charge in [0, 0.05) is 69.9 Å². The molecule has 3 aromatic rings. The van der Waals surface area contributed by atoms with E-state index in [0.29, 0.717) is 35.7 Å². The van der Waals surface area contributed by atoms with Crippen molar-refractivity contribution in [1.29, 1.82) is 0 Å². The van der Waals surface area contributed by atoms with E-state index in [4.69, 9.17) is 9.47 Å². The zero-order chi connectivity index (χ0) is 26.7. The van der Waals surface area contributed by atoms with Crippen LogP contribution in [-0.2, 0) is 11.3 Å². The molecule has 0 saturated carbocycles. The first-order valence-corrected chi connectivity index (χ1v) is 12.9. The van der Waals surface area contributed by atoms with Gasteiger partial charge in [0.1, 0.15) is 5.75 Å². The highest BCUT2D eigenvalue weighted by Crippen LogP contribution is 2.27. The molecule has 2 amide bonds. The van der Waals surface area contributed by atoms with Crippen molar-refractivity contribution in [2.75, 3.05) is 63.8 Å². The van der Waals surface area contributed by atoms with Crippen molar-refractivity contribution in [1.82, 2.24) is 10.2 Å². The molecule has 0 aliphatic carbocycles. The quantitative estimate of drug-likeness (QED) is 0.375. The number of hydrogen-bond donors (Lipinski definition) is 2. The first-order valence-electron chi connectivity index (χ1n) is 12.9. The molecule has 2 N–H and O–H groups in total. The van der Waals surface area contributed by atoms with Gasteiger partial charge in [-0.2, -0.15) is 0 Å². The minimum absolute atomic E-state index is 0.164. The molecular weight excluding hydrogens is 480 g/mol. The molecule has 38 heavy (non-hydrogen) atoms. The molecule has 8 heteroatoms. The molecule has 0 aromatic heterocycles. The summed E-state index contributed by atoms with van der Waals surface area (Å²) in [6, 6.07) is 22.9. The summed E-state index contributed by atoms with van der Waals surface area (Å²) in [6.07, 6.45) is 0.726. The Kier molecular flexibility index (Phi) is 9.72. The molecule has 8 nitrogen and oxygen atoms in total. The minimum Gasteiger partial charge on any atom is -0.497 e. The maximum atomic E-state index is 13.2. The van der Waals surface area contributed by atoms with Crippen LogP contribution >= 0.6 is 0 Å². The Hall–Kier alpha value is -3.88. The summed E-state index contributed by atoms with van der Waals surface area (Å²) in [6.45, 7) is 5.44. The van der Waals surface area contributed by atoms with Crippen LogP contribution < -0.4 is 20.3 Å². The van der Waals surface area contributed by atoms with Crippen molar-refractivity contribution in [3.63, 3.8) is 0 Å². The third-order valence-corrected chi connectivity index (χ3v) is 6.62. The number of methoxy groups -OCH3 is 2. The summed E-state index contributed by atoms with van der Waals surface area (Å²) in [5.41, 5.74) is 3.80. The molecule has 1 aliphatic rings. The lowest BCUT2D eigenvalue weighted by Crippen LogP contribution is -2.46. The maximum Gasteiger partial charge on any atom is 0.255 e. The van der Waals surface area contributed by atoms with Gasteiger partial charge in [-0.15, -0.1) is 0 Å². The van der Waals surface area contributed by atoms with Crippen LogP contribution in [0.15, 0.2) is 72.8 Å². The second-order valence-corrected chi connectivity index (χ2v) is 9.27. The van der Waals surface area contributed by atoms with Crippen LogP contribution in [0.2, 0.25) is 0 Å². The third kappa shape index (κ3) is 7.34. The second-order valence-electron chi connectivity index (χ2n) is 9.27. The largest absolute Gasteiger partial charge is 0.497 e. The average molecular weight is 517 g/mol. The van der Waals surface area contributed by atoms with E-state index < -0.39 is 0 Å². The Balaban J connectivity index is 1.47. The number of hydrogen-bond acceptors (Lipinski definition) is 6. The predicted molar refractivity (Wildman–Crippen MR) is 150 cm³/mol. The molecular formula is C30H36N4O4. The number of piperazine rings is 1. The lowest BCUT2D eigenvalue weighted by atomic mass is 10.1. The van der Waals surface area contributed by atoms with E-state index in [0.717, 1.165) is 44.8 Å². The standard InChI is InChI=1S/C30H36N4O4/c1-37-20-6-15-31-30(36)27-21-25(32-29(35)24-9-12-26(38-2)13-10-24)11-14-28(27)34-18-16-33(17-19-34)22-23-7-4-3-5-8-23/h3-5,7-14,21H,6,15-20,22H2,1-2H3,(H,31,36)(H,32,35). The SMILES string of the molecule is COCCCNC(=O)c1cc(NC(=O)c2ccc(OC)cc2)ccc1N1CCN(Cc2ccccc2)CC1. The van der Waals surface area contributed by atoms with Gasteiger partial charge in [0.25, 0.3) is 11.8 Å². The van der Waals surface area contributed by atoms with Crippen LogP contribution in [0.3, 0.4) is 0 Å². The Morgan fingerprint density at radius 1 is 0.868 bits per heavy atom. The summed E-state index contributed by atoms with van der Waals surface area (Å²) in [4.78, 5) is 30.7. The van der Waals surface area contributed by atoms with Crippen LogP contribution in [0.1, 0.15) is 32.7 Å². The molecule has 1 heterocycles. The summed E-state index contributed by atoms with van der Waals surface area (Å²) in [7, 11) is 3.23. The highest BCUT2D eigenvalue weighted by molar-refractivity contribution is 6.06. The monoisotopic (exact) mass is 516 g/mol. The molecule has 0 spiro atoms. The van der Waals surface area contributed by atoms with E-state index in [2.05, 4.69) is 44.7 Å². The van der Waals surface area contributed by atoms with Gasteiger partial charge in [0.2, 0.25) is 0 Å². The second kappa shape index (κ2) is 13.6. The number of carbonyl (C=O) groups excluding carboxylic acids is 2. The zero-order valence-corrected chi connectivity index (χ0v) is 22.1. The van der Waals surface area contributed by atoms with E-state index in [1.807, 2.05) is 18.2 Å². The van der Waals surface area contributed by atoms with Gasteiger partial charge < -0.3 is 25.0 Å². The average Bonchev–Trinajstić information content (AvgIpc) is 2.96. The van der Waals surface area contributed by atoms with Crippen molar-refractivity contribution < 1.29 is 19.1 Å². The normalized spacial score (nSPS) is 13.7. The van der Waals surface area contributed by atoms with Gasteiger partial charge in [-0.05, 0) is 54.4 Å². The Morgan fingerprint density at radius 3 is 2.29 bits per heavy atom. The predicted octanol–water partition coefficient (Wildman–Crippen LogP) is 4.04. The molecule has 0 radical (unpaired) electrons. The lowest BCUT2D eigenvalue weighted by Gasteiger charge is -2.37. The fourth-order valence-corrected chi connectivity index (χ4v) is 4.52. The van der Waals surface area contributed by atoms with Crippen molar-refractivity contribution in [2.45, 2.75) is 13.0 Å². The number of carbonyl (C=O) groups is 2. The maximum absolute atomic E-state index is 13.2. The summed E-state index contributed by atoms with van der Waals surface area (Å²) in [5.74, 6) is 0.270. The molecule has 1 fully saturated rings. The van der Waals surface area contributed by atoms with E-state index in [1.54, 1.807) is 44.6 Å². The Bertz CT molecular complexity index is 1190. The van der Waals surface area contributed by atoms with Crippen LogP contribution in [0.4, 0.5) is 11.4 Å². The topological polar surface area (TPSA) is 83.1 Å². The Labute approximate surface area is 224 Å². The molecule has 3 aromatic carbocycles. The molecule has 0 atom stereocenters.